The molecule has 1 aromatic rings. The minimum absolute atomic E-state index is 0.336. The molecule has 0 amide bonds. The van der Waals surface area contributed by atoms with Gasteiger partial charge in [-0.05, 0) is 38.4 Å². The Balaban J connectivity index is 2.89. The van der Waals surface area contributed by atoms with Gasteiger partial charge in [-0.25, -0.2) is 0 Å². The third-order valence-corrected chi connectivity index (χ3v) is 3.44. The van der Waals surface area contributed by atoms with Crippen LogP contribution in [0.4, 0.5) is 0 Å². The molecule has 2 N–H and O–H groups in total. The molecule has 20 heavy (non-hydrogen) atoms. The summed E-state index contributed by atoms with van der Waals surface area (Å²) in [6.07, 6.45) is -0.907. The highest BCUT2D eigenvalue weighted by atomic mass is 35.5. The van der Waals surface area contributed by atoms with Crippen LogP contribution in [-0.4, -0.2) is 23.9 Å². The predicted molar refractivity (Wildman–Crippen MR) is 84.8 cm³/mol. The average molecular weight is 320 g/mol. The standard InChI is InChI=1S/C15H23Cl2NO2/c1-9(2)7-18-8-12-5-13(16)6-14(17)15(12)20-11(4)10(3)19/h5-6,9-11,18-19H,7-8H2,1-4H3. The molecule has 3 nitrogen and oxygen atoms in total. The zero-order chi connectivity index (χ0) is 15.3. The summed E-state index contributed by atoms with van der Waals surface area (Å²) >= 11 is 12.3. The lowest BCUT2D eigenvalue weighted by Gasteiger charge is -2.21. The van der Waals surface area contributed by atoms with Crippen LogP contribution in [0.15, 0.2) is 12.1 Å². The number of ether oxygens (including phenoxy) is 1. The summed E-state index contributed by atoms with van der Waals surface area (Å²) in [6, 6.07) is 3.49. The molecule has 0 saturated carbocycles. The maximum Gasteiger partial charge on any atom is 0.143 e. The first kappa shape index (κ1) is 17.6. The average Bonchev–Trinajstić information content (AvgIpc) is 2.32. The molecule has 0 bridgehead atoms. The van der Waals surface area contributed by atoms with Crippen LogP contribution in [-0.2, 0) is 6.54 Å². The highest BCUT2D eigenvalue weighted by Gasteiger charge is 2.16. The number of hydrogen-bond acceptors (Lipinski definition) is 3. The van der Waals surface area contributed by atoms with E-state index in [0.29, 0.717) is 28.3 Å². The predicted octanol–water partition coefficient (Wildman–Crippen LogP) is 3.89. The van der Waals surface area contributed by atoms with Crippen molar-refractivity contribution in [2.45, 2.75) is 46.4 Å². The summed E-state index contributed by atoms with van der Waals surface area (Å²) < 4.78 is 5.77. The van der Waals surface area contributed by atoms with Gasteiger partial charge in [0.25, 0.3) is 0 Å². The van der Waals surface area contributed by atoms with Gasteiger partial charge in [0, 0.05) is 17.1 Å². The fourth-order valence-electron chi connectivity index (χ4n) is 1.66. The fraction of sp³-hybridized carbons (Fsp3) is 0.600. The molecule has 0 fully saturated rings. The van der Waals surface area contributed by atoms with Crippen molar-refractivity contribution in [2.24, 2.45) is 5.92 Å². The van der Waals surface area contributed by atoms with Crippen molar-refractivity contribution < 1.29 is 9.84 Å². The molecule has 0 spiro atoms. The van der Waals surface area contributed by atoms with Crippen LogP contribution in [0.1, 0.15) is 33.3 Å². The van der Waals surface area contributed by atoms with Crippen molar-refractivity contribution in [1.29, 1.82) is 0 Å². The van der Waals surface area contributed by atoms with E-state index in [4.69, 9.17) is 27.9 Å². The van der Waals surface area contributed by atoms with Crippen molar-refractivity contribution >= 4 is 23.2 Å². The lowest BCUT2D eigenvalue weighted by atomic mass is 10.1. The molecule has 0 aliphatic carbocycles. The van der Waals surface area contributed by atoms with Crippen LogP contribution in [0, 0.1) is 5.92 Å². The Kier molecular flexibility index (Phi) is 7.10. The van der Waals surface area contributed by atoms with Gasteiger partial charge in [-0.1, -0.05) is 37.0 Å². The second kappa shape index (κ2) is 8.08. The highest BCUT2D eigenvalue weighted by molar-refractivity contribution is 6.35. The Hall–Kier alpha value is -0.480. The van der Waals surface area contributed by atoms with Gasteiger partial charge < -0.3 is 15.2 Å². The van der Waals surface area contributed by atoms with E-state index in [2.05, 4.69) is 19.2 Å². The summed E-state index contributed by atoms with van der Waals surface area (Å²) in [5, 5.41) is 13.9. The first-order valence-corrected chi connectivity index (χ1v) is 7.60. The molecule has 5 heteroatoms. The monoisotopic (exact) mass is 319 g/mol. The molecule has 0 heterocycles. The van der Waals surface area contributed by atoms with Gasteiger partial charge in [-0.15, -0.1) is 0 Å². The normalized spacial score (nSPS) is 14.4. The van der Waals surface area contributed by atoms with E-state index in [1.165, 1.54) is 0 Å². The van der Waals surface area contributed by atoms with Crippen LogP contribution < -0.4 is 10.1 Å². The van der Waals surface area contributed by atoms with E-state index >= 15 is 0 Å². The molecule has 1 rings (SSSR count). The first-order chi connectivity index (χ1) is 9.31. The van der Waals surface area contributed by atoms with Crippen LogP contribution in [0.3, 0.4) is 0 Å². The van der Waals surface area contributed by atoms with E-state index in [1.807, 2.05) is 6.07 Å². The molecular formula is C15H23Cl2NO2. The van der Waals surface area contributed by atoms with Crippen molar-refractivity contribution in [3.8, 4) is 5.75 Å². The third-order valence-electron chi connectivity index (χ3n) is 2.94. The van der Waals surface area contributed by atoms with Gasteiger partial charge in [-0.2, -0.15) is 0 Å². The second-order valence-corrected chi connectivity index (χ2v) is 6.31. The first-order valence-electron chi connectivity index (χ1n) is 6.84. The van der Waals surface area contributed by atoms with Crippen LogP contribution in [0.2, 0.25) is 10.0 Å². The number of aliphatic hydroxyl groups is 1. The Morgan fingerprint density at radius 3 is 2.40 bits per heavy atom. The second-order valence-electron chi connectivity index (χ2n) is 5.46. The summed E-state index contributed by atoms with van der Waals surface area (Å²) in [6.45, 7) is 9.30. The Morgan fingerprint density at radius 1 is 1.20 bits per heavy atom. The molecule has 0 saturated heterocycles. The summed E-state index contributed by atoms with van der Waals surface area (Å²) in [5.41, 5.74) is 0.899. The summed E-state index contributed by atoms with van der Waals surface area (Å²) in [5.74, 6) is 1.14. The van der Waals surface area contributed by atoms with Gasteiger partial charge in [0.1, 0.15) is 11.9 Å². The lowest BCUT2D eigenvalue weighted by molar-refractivity contribution is 0.0598. The van der Waals surface area contributed by atoms with E-state index in [9.17, 15) is 5.11 Å². The molecule has 0 radical (unpaired) electrons. The Bertz CT molecular complexity index is 436. The lowest BCUT2D eigenvalue weighted by Crippen LogP contribution is -2.27. The number of aliphatic hydroxyl groups excluding tert-OH is 1. The van der Waals surface area contributed by atoms with Gasteiger partial charge >= 0.3 is 0 Å². The Morgan fingerprint density at radius 2 is 1.85 bits per heavy atom. The van der Waals surface area contributed by atoms with Gasteiger partial charge in [0.15, 0.2) is 0 Å². The SMILES string of the molecule is CC(C)CNCc1cc(Cl)cc(Cl)c1OC(C)C(C)O. The number of rotatable bonds is 7. The molecular weight excluding hydrogens is 297 g/mol. The van der Waals surface area contributed by atoms with Crippen molar-refractivity contribution in [1.82, 2.24) is 5.32 Å². The largest absolute Gasteiger partial charge is 0.486 e. The molecule has 114 valence electrons. The minimum Gasteiger partial charge on any atom is -0.486 e. The van der Waals surface area contributed by atoms with Crippen LogP contribution in [0.5, 0.6) is 5.75 Å². The van der Waals surface area contributed by atoms with E-state index in [1.54, 1.807) is 19.9 Å². The molecule has 2 unspecified atom stereocenters. The maximum absolute atomic E-state index is 9.56. The summed E-state index contributed by atoms with van der Waals surface area (Å²) in [4.78, 5) is 0. The molecule has 0 aliphatic heterocycles. The fourth-order valence-corrected chi connectivity index (χ4v) is 2.24. The molecule has 1 aromatic carbocycles. The van der Waals surface area contributed by atoms with Crippen molar-refractivity contribution in [2.75, 3.05) is 6.54 Å². The zero-order valence-electron chi connectivity index (χ0n) is 12.4. The number of hydrogen-bond donors (Lipinski definition) is 2. The molecule has 0 aromatic heterocycles. The molecule has 0 aliphatic rings. The quantitative estimate of drug-likeness (QED) is 0.801. The number of halogens is 2. The van der Waals surface area contributed by atoms with Crippen LogP contribution in [0.25, 0.3) is 0 Å². The number of nitrogens with one attached hydrogen (secondary N) is 1. The smallest absolute Gasteiger partial charge is 0.143 e. The van der Waals surface area contributed by atoms with Gasteiger partial charge in [0.05, 0.1) is 11.1 Å². The van der Waals surface area contributed by atoms with E-state index < -0.39 is 6.10 Å². The number of benzene rings is 1. The maximum atomic E-state index is 9.56. The topological polar surface area (TPSA) is 41.5 Å². The van der Waals surface area contributed by atoms with Crippen molar-refractivity contribution in [3.63, 3.8) is 0 Å². The van der Waals surface area contributed by atoms with E-state index in [-0.39, 0.29) is 6.10 Å². The van der Waals surface area contributed by atoms with Crippen molar-refractivity contribution in [3.05, 3.63) is 27.7 Å². The van der Waals surface area contributed by atoms with Gasteiger partial charge in [0.2, 0.25) is 0 Å². The zero-order valence-corrected chi connectivity index (χ0v) is 13.9. The van der Waals surface area contributed by atoms with Crippen LogP contribution >= 0.6 is 23.2 Å². The van der Waals surface area contributed by atoms with Gasteiger partial charge in [-0.3, -0.25) is 0 Å². The molecule has 2 atom stereocenters. The summed E-state index contributed by atoms with van der Waals surface area (Å²) in [7, 11) is 0. The van der Waals surface area contributed by atoms with E-state index in [0.717, 1.165) is 12.1 Å². The third kappa shape index (κ3) is 5.49. The highest BCUT2D eigenvalue weighted by Crippen LogP contribution is 2.33. The minimum atomic E-state index is -0.571. The Labute approximate surface area is 131 Å².